The number of amides is 4. The fourth-order valence-corrected chi connectivity index (χ4v) is 9.22. The molecule has 1 saturated heterocycles. The molecule has 3 fully saturated rings. The molecule has 4 amide bonds. The van der Waals surface area contributed by atoms with E-state index in [1.807, 2.05) is 42.5 Å². The van der Waals surface area contributed by atoms with Crippen molar-refractivity contribution in [3.63, 3.8) is 0 Å². The number of benzene rings is 2. The Labute approximate surface area is 340 Å². The number of carbonyl (C=O) groups is 4. The zero-order valence-corrected chi connectivity index (χ0v) is 35.3. The number of ether oxygens (including phenoxy) is 3. The topological polar surface area (TPSA) is 182 Å². The summed E-state index contributed by atoms with van der Waals surface area (Å²) in [4.78, 5) is 62.5. The smallest absolute Gasteiger partial charge is 0.408 e. The number of likely N-dealkylation sites (tertiary alicyclic amines) is 1. The molecule has 2 heterocycles. The number of fused-ring (bicyclic) bond motifs is 1. The zero-order valence-electron chi connectivity index (χ0n) is 34.5. The minimum Gasteiger partial charge on any atom is -0.497 e. The molecule has 3 aromatic rings. The second-order valence-electron chi connectivity index (χ2n) is 17.7. The summed E-state index contributed by atoms with van der Waals surface area (Å²) in [5.74, 6) is -1.57. The number of hydrogen-bond acceptors (Lipinski definition) is 10. The fourth-order valence-electron chi connectivity index (χ4n) is 7.56. The van der Waals surface area contributed by atoms with Gasteiger partial charge in [0.2, 0.25) is 21.8 Å². The molecule has 3 N–H and O–H groups in total. The van der Waals surface area contributed by atoms with Crippen molar-refractivity contribution in [3.05, 3.63) is 67.3 Å². The second-order valence-corrected chi connectivity index (χ2v) is 19.7. The molecular formula is C43H55N5O9S. The lowest BCUT2D eigenvalue weighted by molar-refractivity contribution is -0.143. The number of nitrogens with zero attached hydrogens (tertiary/aromatic N) is 2. The van der Waals surface area contributed by atoms with Gasteiger partial charge in [0.15, 0.2) is 0 Å². The van der Waals surface area contributed by atoms with Gasteiger partial charge in [-0.3, -0.25) is 19.1 Å². The van der Waals surface area contributed by atoms with E-state index in [9.17, 15) is 27.6 Å². The first-order valence-corrected chi connectivity index (χ1v) is 21.2. The monoisotopic (exact) mass is 817 g/mol. The van der Waals surface area contributed by atoms with Gasteiger partial charge in [-0.1, -0.05) is 64.1 Å². The van der Waals surface area contributed by atoms with Crippen molar-refractivity contribution in [3.8, 4) is 22.8 Å². The number of methoxy groups -OCH3 is 1. The number of aromatic nitrogens is 1. The predicted octanol–water partition coefficient (Wildman–Crippen LogP) is 5.65. The highest BCUT2D eigenvalue weighted by molar-refractivity contribution is 7.91. The Morgan fingerprint density at radius 3 is 2.29 bits per heavy atom. The van der Waals surface area contributed by atoms with Crippen LogP contribution in [0, 0.1) is 11.3 Å². The van der Waals surface area contributed by atoms with Crippen LogP contribution in [-0.4, -0.2) is 89.8 Å². The van der Waals surface area contributed by atoms with Crippen molar-refractivity contribution >= 4 is 44.7 Å². The van der Waals surface area contributed by atoms with Gasteiger partial charge >= 0.3 is 6.09 Å². The minimum atomic E-state index is -4.03. The number of pyridine rings is 1. The van der Waals surface area contributed by atoms with Crippen LogP contribution in [0.3, 0.4) is 0 Å². The van der Waals surface area contributed by atoms with E-state index < -0.39 is 79.2 Å². The molecule has 2 aromatic carbocycles. The zero-order chi connectivity index (χ0) is 42.4. The third-order valence-corrected chi connectivity index (χ3v) is 13.6. The van der Waals surface area contributed by atoms with Crippen molar-refractivity contribution < 1.29 is 41.8 Å². The molecule has 0 radical (unpaired) electrons. The number of carbonyl (C=O) groups excluding carboxylic acids is 4. The number of alkyl carbamates (subject to hydrolysis) is 1. The quantitative estimate of drug-likeness (QED) is 0.183. The maximum atomic E-state index is 14.7. The van der Waals surface area contributed by atoms with Crippen molar-refractivity contribution in [1.29, 1.82) is 0 Å². The van der Waals surface area contributed by atoms with Crippen molar-refractivity contribution in [1.82, 2.24) is 25.2 Å². The number of nitrogens with one attached hydrogen (secondary N) is 3. The molecule has 15 heteroatoms. The standard InChI is InChI=1S/C43H55N5O9S/c1-10-27-24-43(27,38(51)47-58(53,54)42(11-2)19-20-42)46-36(49)33-22-29(25-48(33)37(50)35(40(3,4)5)45-39(52)57-41(6,7)8)56-34-23-31(26-15-13-12-14-16-26)44-32-21-28(55-9)17-18-30(32)34/h10,12-18,21,23,27,29,33,35H,1,11,19-20,22,24-25H2,2-9H3,(H,45,52)(H,46,49)(H,47,51). The van der Waals surface area contributed by atoms with Gasteiger partial charge in [0.1, 0.15) is 40.8 Å². The average Bonchev–Trinajstić information content (AvgIpc) is 4.07. The highest BCUT2D eigenvalue weighted by Gasteiger charge is 2.63. The van der Waals surface area contributed by atoms with Crippen LogP contribution < -0.4 is 24.8 Å². The van der Waals surface area contributed by atoms with Gasteiger partial charge in [0.25, 0.3) is 5.91 Å². The number of sulfonamides is 1. The van der Waals surface area contributed by atoms with E-state index in [2.05, 4.69) is 21.9 Å². The Bertz CT molecular complexity index is 2210. The highest BCUT2D eigenvalue weighted by Crippen LogP contribution is 2.48. The molecule has 5 unspecified atom stereocenters. The van der Waals surface area contributed by atoms with Gasteiger partial charge in [0, 0.05) is 35.4 Å². The van der Waals surface area contributed by atoms with E-state index in [0.717, 1.165) is 5.56 Å². The average molecular weight is 818 g/mol. The Kier molecular flexibility index (Phi) is 11.4. The van der Waals surface area contributed by atoms with Gasteiger partial charge < -0.3 is 29.7 Å². The van der Waals surface area contributed by atoms with Crippen LogP contribution >= 0.6 is 0 Å². The molecule has 5 atom stereocenters. The summed E-state index contributed by atoms with van der Waals surface area (Å²) in [7, 11) is -2.46. The molecule has 58 heavy (non-hydrogen) atoms. The number of hydrogen-bond donors (Lipinski definition) is 3. The lowest BCUT2D eigenvalue weighted by Gasteiger charge is -2.36. The van der Waals surface area contributed by atoms with Crippen LogP contribution in [0.15, 0.2) is 67.3 Å². The lowest BCUT2D eigenvalue weighted by Crippen LogP contribution is -2.60. The maximum absolute atomic E-state index is 14.7. The fraction of sp³-hybridized carbons (Fsp3) is 0.512. The van der Waals surface area contributed by atoms with Crippen LogP contribution in [0.4, 0.5) is 4.79 Å². The molecule has 3 aliphatic rings. The van der Waals surface area contributed by atoms with E-state index in [1.165, 1.54) is 11.0 Å². The molecule has 6 rings (SSSR count). The maximum Gasteiger partial charge on any atom is 0.408 e. The first-order chi connectivity index (χ1) is 27.2. The summed E-state index contributed by atoms with van der Waals surface area (Å²) < 4.78 is 45.6. The third kappa shape index (κ3) is 8.64. The van der Waals surface area contributed by atoms with E-state index in [-0.39, 0.29) is 19.4 Å². The SMILES string of the molecule is C=CC1CC1(NC(=O)C1CC(Oc2cc(-c3ccccc3)nc3cc(OC)ccc23)CN1C(=O)C(NC(=O)OC(C)(C)C)C(C)(C)C)C(=O)NS(=O)(=O)C1(CC)CC1. The highest BCUT2D eigenvalue weighted by atomic mass is 32.2. The molecule has 14 nitrogen and oxygen atoms in total. The first kappa shape index (κ1) is 42.4. The van der Waals surface area contributed by atoms with Gasteiger partial charge in [-0.25, -0.2) is 18.2 Å². The summed E-state index contributed by atoms with van der Waals surface area (Å²) in [5, 5.41) is 6.25. The largest absolute Gasteiger partial charge is 0.497 e. The summed E-state index contributed by atoms with van der Waals surface area (Å²) in [6.07, 6.45) is 1.34. The summed E-state index contributed by atoms with van der Waals surface area (Å²) in [5.41, 5.74) is -1.19. The predicted molar refractivity (Wildman–Crippen MR) is 219 cm³/mol. The van der Waals surface area contributed by atoms with Crippen LogP contribution in [-0.2, 0) is 29.1 Å². The lowest BCUT2D eigenvalue weighted by atomic mass is 9.85. The first-order valence-electron chi connectivity index (χ1n) is 19.7. The van der Waals surface area contributed by atoms with E-state index in [0.29, 0.717) is 47.4 Å². The Morgan fingerprint density at radius 2 is 1.72 bits per heavy atom. The summed E-state index contributed by atoms with van der Waals surface area (Å²) in [6, 6.07) is 14.5. The van der Waals surface area contributed by atoms with Crippen LogP contribution in [0.2, 0.25) is 0 Å². The van der Waals surface area contributed by atoms with Gasteiger partial charge in [-0.2, -0.15) is 0 Å². The Balaban J connectivity index is 1.35. The normalized spacial score (nSPS) is 23.0. The molecule has 0 bridgehead atoms. The summed E-state index contributed by atoms with van der Waals surface area (Å²) >= 11 is 0. The second kappa shape index (κ2) is 15.5. The van der Waals surface area contributed by atoms with Crippen LogP contribution in [0.5, 0.6) is 11.5 Å². The van der Waals surface area contributed by atoms with Gasteiger partial charge in [-0.05, 0) is 64.0 Å². The van der Waals surface area contributed by atoms with Gasteiger partial charge in [0.05, 0.1) is 29.6 Å². The van der Waals surface area contributed by atoms with Crippen LogP contribution in [0.25, 0.3) is 22.2 Å². The summed E-state index contributed by atoms with van der Waals surface area (Å²) in [6.45, 7) is 16.0. The molecule has 2 aliphatic carbocycles. The Hall–Kier alpha value is -5.18. The van der Waals surface area contributed by atoms with Gasteiger partial charge in [-0.15, -0.1) is 6.58 Å². The third-order valence-electron chi connectivity index (χ3n) is 11.3. The molecule has 2 saturated carbocycles. The molecule has 1 aliphatic heterocycles. The minimum absolute atomic E-state index is 0.00914. The van der Waals surface area contributed by atoms with E-state index in [1.54, 1.807) is 67.7 Å². The molecule has 312 valence electrons. The van der Waals surface area contributed by atoms with Crippen molar-refractivity contribution in [2.45, 2.75) is 115 Å². The Morgan fingerprint density at radius 1 is 1.03 bits per heavy atom. The molecule has 1 aromatic heterocycles. The molecule has 0 spiro atoms. The molecular weight excluding hydrogens is 763 g/mol. The van der Waals surface area contributed by atoms with Crippen LogP contribution in [0.1, 0.15) is 80.6 Å². The van der Waals surface area contributed by atoms with E-state index >= 15 is 0 Å². The van der Waals surface area contributed by atoms with Crippen molar-refractivity contribution in [2.24, 2.45) is 11.3 Å². The van der Waals surface area contributed by atoms with E-state index in [4.69, 9.17) is 19.2 Å². The number of rotatable bonds is 13. The van der Waals surface area contributed by atoms with Crippen molar-refractivity contribution in [2.75, 3.05) is 13.7 Å².